The van der Waals surface area contributed by atoms with Crippen LogP contribution in [0.5, 0.6) is 0 Å². The molecule has 1 saturated heterocycles. The van der Waals surface area contributed by atoms with Crippen molar-refractivity contribution >= 4 is 11.4 Å². The summed E-state index contributed by atoms with van der Waals surface area (Å²) >= 11 is 0. The van der Waals surface area contributed by atoms with Crippen molar-refractivity contribution < 1.29 is 4.79 Å². The zero-order chi connectivity index (χ0) is 18.4. The van der Waals surface area contributed by atoms with Crippen LogP contribution in [-0.4, -0.2) is 48.0 Å². The van der Waals surface area contributed by atoms with Gasteiger partial charge >= 0.3 is 0 Å². The largest absolute Gasteiger partial charge is 0.336 e. The Labute approximate surface area is 155 Å². The highest BCUT2D eigenvalue weighted by molar-refractivity contribution is 5.93. The van der Waals surface area contributed by atoms with Gasteiger partial charge in [-0.25, -0.2) is 4.98 Å². The average Bonchev–Trinajstić information content (AvgIpc) is 3.27. The van der Waals surface area contributed by atoms with Crippen LogP contribution in [-0.2, 0) is 7.05 Å². The van der Waals surface area contributed by atoms with E-state index in [0.29, 0.717) is 18.8 Å². The van der Waals surface area contributed by atoms with E-state index < -0.39 is 0 Å². The predicted octanol–water partition coefficient (Wildman–Crippen LogP) is 2.37. The molecule has 4 aromatic rings. The van der Waals surface area contributed by atoms with E-state index in [2.05, 4.69) is 19.5 Å². The van der Waals surface area contributed by atoms with Gasteiger partial charge in [0.05, 0.1) is 23.3 Å². The maximum Gasteiger partial charge on any atom is 0.272 e. The molecule has 7 nitrogen and oxygen atoms in total. The first-order chi connectivity index (χ1) is 13.2. The maximum atomic E-state index is 12.6. The average molecular weight is 358 g/mol. The van der Waals surface area contributed by atoms with Gasteiger partial charge in [-0.3, -0.25) is 18.9 Å². The zero-order valence-corrected chi connectivity index (χ0v) is 14.9. The summed E-state index contributed by atoms with van der Waals surface area (Å²) in [5.41, 5.74) is 3.57. The molecule has 1 fully saturated rings. The Hall–Kier alpha value is -3.48. The van der Waals surface area contributed by atoms with Crippen molar-refractivity contribution in [2.45, 2.75) is 5.92 Å². The second kappa shape index (κ2) is 6.05. The molecule has 0 radical (unpaired) electrons. The lowest BCUT2D eigenvalue weighted by Crippen LogP contribution is -2.49. The summed E-state index contributed by atoms with van der Waals surface area (Å²) < 4.78 is 3.70. The predicted molar refractivity (Wildman–Crippen MR) is 100 cm³/mol. The van der Waals surface area contributed by atoms with Crippen LogP contribution >= 0.6 is 0 Å². The van der Waals surface area contributed by atoms with Crippen LogP contribution in [0.4, 0.5) is 0 Å². The monoisotopic (exact) mass is 358 g/mol. The molecule has 1 aromatic carbocycles. The lowest BCUT2D eigenvalue weighted by Gasteiger charge is -2.38. The summed E-state index contributed by atoms with van der Waals surface area (Å²) in [5, 5.41) is 4.07. The van der Waals surface area contributed by atoms with Crippen LogP contribution in [0.1, 0.15) is 22.2 Å². The normalized spacial score (nSPS) is 14.5. The summed E-state index contributed by atoms with van der Waals surface area (Å²) in [4.78, 5) is 23.6. The number of fused-ring (bicyclic) bond motifs is 1. The Bertz CT molecular complexity index is 1120. The number of benzene rings is 1. The van der Waals surface area contributed by atoms with E-state index >= 15 is 0 Å². The Morgan fingerprint density at radius 3 is 2.63 bits per heavy atom. The van der Waals surface area contributed by atoms with E-state index in [1.54, 1.807) is 30.2 Å². The van der Waals surface area contributed by atoms with Crippen LogP contribution in [0.2, 0.25) is 0 Å². The van der Waals surface area contributed by atoms with Crippen LogP contribution in [0.15, 0.2) is 61.2 Å². The second-order valence-electron chi connectivity index (χ2n) is 6.76. The maximum absolute atomic E-state index is 12.6. The summed E-state index contributed by atoms with van der Waals surface area (Å²) in [6.07, 6.45) is 7.26. The molecule has 1 aliphatic heterocycles. The van der Waals surface area contributed by atoms with Gasteiger partial charge in [0.15, 0.2) is 0 Å². The Balaban J connectivity index is 1.41. The number of hydrogen-bond acceptors (Lipinski definition) is 4. The molecule has 0 spiro atoms. The SMILES string of the molecule is Cn1nccc1C(=O)N1CC(c2ncc3c(-c4ccccc4)nccn23)C1. The fourth-order valence-electron chi connectivity index (χ4n) is 3.62. The number of carbonyl (C=O) groups is 1. The third-order valence-electron chi connectivity index (χ3n) is 5.11. The zero-order valence-electron chi connectivity index (χ0n) is 14.9. The van der Waals surface area contributed by atoms with Crippen molar-refractivity contribution in [3.63, 3.8) is 0 Å². The number of carbonyl (C=O) groups excluding carboxylic acids is 1. The molecule has 134 valence electrons. The molecular weight excluding hydrogens is 340 g/mol. The minimum absolute atomic E-state index is 0.0127. The fraction of sp³-hybridized carbons (Fsp3) is 0.200. The molecule has 1 aliphatic rings. The highest BCUT2D eigenvalue weighted by Gasteiger charge is 2.35. The number of aromatic nitrogens is 5. The molecule has 1 amide bonds. The summed E-state index contributed by atoms with van der Waals surface area (Å²) in [6.45, 7) is 1.32. The fourth-order valence-corrected chi connectivity index (χ4v) is 3.62. The van der Waals surface area contributed by atoms with Gasteiger partial charge in [-0.1, -0.05) is 30.3 Å². The van der Waals surface area contributed by atoms with Crippen LogP contribution in [0, 0.1) is 0 Å². The molecule has 3 aromatic heterocycles. The number of amides is 1. The number of nitrogens with zero attached hydrogens (tertiary/aromatic N) is 6. The van der Waals surface area contributed by atoms with Gasteiger partial charge in [0.2, 0.25) is 0 Å². The van der Waals surface area contributed by atoms with E-state index in [1.807, 2.05) is 47.6 Å². The lowest BCUT2D eigenvalue weighted by molar-refractivity contribution is 0.0582. The Kier molecular flexibility index (Phi) is 3.53. The second-order valence-corrected chi connectivity index (χ2v) is 6.76. The highest BCUT2D eigenvalue weighted by atomic mass is 16.2. The van der Waals surface area contributed by atoms with Gasteiger partial charge in [0, 0.05) is 44.3 Å². The minimum atomic E-state index is 0.0127. The van der Waals surface area contributed by atoms with Crippen molar-refractivity contribution in [1.82, 2.24) is 29.0 Å². The summed E-state index contributed by atoms with van der Waals surface area (Å²) in [5.74, 6) is 1.20. The number of likely N-dealkylation sites (tertiary alicyclic amines) is 1. The van der Waals surface area contributed by atoms with E-state index in [0.717, 1.165) is 22.6 Å². The molecule has 0 unspecified atom stereocenters. The third-order valence-corrected chi connectivity index (χ3v) is 5.11. The van der Waals surface area contributed by atoms with Gasteiger partial charge < -0.3 is 4.90 Å². The molecule has 4 heterocycles. The molecule has 0 aliphatic carbocycles. The van der Waals surface area contributed by atoms with E-state index in [-0.39, 0.29) is 11.8 Å². The molecule has 0 saturated carbocycles. The lowest BCUT2D eigenvalue weighted by atomic mass is 9.98. The van der Waals surface area contributed by atoms with E-state index in [4.69, 9.17) is 0 Å². The van der Waals surface area contributed by atoms with Gasteiger partial charge in [0.25, 0.3) is 5.91 Å². The number of imidazole rings is 1. The Morgan fingerprint density at radius 1 is 1.07 bits per heavy atom. The Morgan fingerprint density at radius 2 is 1.89 bits per heavy atom. The molecule has 7 heteroatoms. The minimum Gasteiger partial charge on any atom is -0.336 e. The number of rotatable bonds is 3. The molecule has 0 N–H and O–H groups in total. The van der Waals surface area contributed by atoms with Crippen LogP contribution in [0.25, 0.3) is 16.8 Å². The molecular formula is C20H18N6O. The first kappa shape index (κ1) is 15.7. The van der Waals surface area contributed by atoms with Gasteiger partial charge in [-0.2, -0.15) is 5.10 Å². The topological polar surface area (TPSA) is 68.3 Å². The van der Waals surface area contributed by atoms with Crippen LogP contribution < -0.4 is 0 Å². The standard InChI is InChI=1S/C20H18N6O/c1-24-16(7-8-23-24)20(27)25-12-15(13-25)19-22-11-17-18(21-9-10-26(17)19)14-5-3-2-4-6-14/h2-11,15H,12-13H2,1H3. The first-order valence-corrected chi connectivity index (χ1v) is 8.87. The molecule has 0 bridgehead atoms. The third kappa shape index (κ3) is 2.51. The summed E-state index contributed by atoms with van der Waals surface area (Å²) in [6, 6.07) is 11.8. The van der Waals surface area contributed by atoms with Crippen LogP contribution in [0.3, 0.4) is 0 Å². The van der Waals surface area contributed by atoms with Crippen molar-refractivity contribution in [3.8, 4) is 11.3 Å². The molecule has 0 atom stereocenters. The smallest absolute Gasteiger partial charge is 0.272 e. The van der Waals surface area contributed by atoms with Crippen molar-refractivity contribution in [3.05, 3.63) is 72.7 Å². The first-order valence-electron chi connectivity index (χ1n) is 8.87. The van der Waals surface area contributed by atoms with Gasteiger partial charge in [-0.05, 0) is 6.07 Å². The van der Waals surface area contributed by atoms with Crippen molar-refractivity contribution in [1.29, 1.82) is 0 Å². The van der Waals surface area contributed by atoms with E-state index in [9.17, 15) is 4.79 Å². The molecule has 27 heavy (non-hydrogen) atoms. The van der Waals surface area contributed by atoms with Crippen molar-refractivity contribution in [2.24, 2.45) is 7.05 Å². The van der Waals surface area contributed by atoms with E-state index in [1.165, 1.54) is 0 Å². The summed E-state index contributed by atoms with van der Waals surface area (Å²) in [7, 11) is 1.78. The van der Waals surface area contributed by atoms with Gasteiger partial charge in [-0.15, -0.1) is 0 Å². The molecule has 5 rings (SSSR count). The highest BCUT2D eigenvalue weighted by Crippen LogP contribution is 2.30. The number of aryl methyl sites for hydroxylation is 1. The van der Waals surface area contributed by atoms with Crippen molar-refractivity contribution in [2.75, 3.05) is 13.1 Å². The number of hydrogen-bond donors (Lipinski definition) is 0. The van der Waals surface area contributed by atoms with Gasteiger partial charge in [0.1, 0.15) is 11.5 Å². The quantitative estimate of drug-likeness (QED) is 0.564.